The predicted molar refractivity (Wildman–Crippen MR) is 124 cm³/mol. The van der Waals surface area contributed by atoms with Gasteiger partial charge in [0.2, 0.25) is 5.91 Å². The third-order valence-electron chi connectivity index (χ3n) is 6.48. The Balaban J connectivity index is 1.28. The molecule has 3 amide bonds. The summed E-state index contributed by atoms with van der Waals surface area (Å²) < 4.78 is 0. The minimum atomic E-state index is -0.439. The van der Waals surface area contributed by atoms with Gasteiger partial charge in [0.15, 0.2) is 0 Å². The summed E-state index contributed by atoms with van der Waals surface area (Å²) in [5, 5.41) is 3.02. The Morgan fingerprint density at radius 1 is 0.903 bits per heavy atom. The summed E-state index contributed by atoms with van der Waals surface area (Å²) in [6.45, 7) is 5.31. The molecule has 2 saturated heterocycles. The van der Waals surface area contributed by atoms with Gasteiger partial charge in [-0.2, -0.15) is 0 Å². The first-order valence-electron chi connectivity index (χ1n) is 11.4. The number of nitrogens with two attached hydrogens (primary N) is 1. The second kappa shape index (κ2) is 9.96. The molecule has 4 rings (SSSR count). The van der Waals surface area contributed by atoms with Crippen LogP contribution in [-0.4, -0.2) is 54.5 Å². The lowest BCUT2D eigenvalue weighted by molar-refractivity contribution is 0.1000. The van der Waals surface area contributed by atoms with Crippen molar-refractivity contribution < 1.29 is 9.59 Å². The molecule has 6 heteroatoms. The fourth-order valence-corrected chi connectivity index (χ4v) is 4.63. The molecule has 2 fully saturated rings. The number of rotatable bonds is 5. The van der Waals surface area contributed by atoms with Gasteiger partial charge in [0.05, 0.1) is 0 Å². The Morgan fingerprint density at radius 3 is 2.29 bits per heavy atom. The van der Waals surface area contributed by atoms with Crippen LogP contribution in [0.4, 0.5) is 10.5 Å². The van der Waals surface area contributed by atoms with Crippen LogP contribution in [0, 0.1) is 5.92 Å². The van der Waals surface area contributed by atoms with Gasteiger partial charge in [0, 0.05) is 30.9 Å². The van der Waals surface area contributed by atoms with Crippen molar-refractivity contribution >= 4 is 17.6 Å². The van der Waals surface area contributed by atoms with Crippen molar-refractivity contribution in [3.05, 3.63) is 54.1 Å². The smallest absolute Gasteiger partial charge is 0.321 e. The molecule has 0 aliphatic carbocycles. The van der Waals surface area contributed by atoms with E-state index >= 15 is 0 Å². The average molecular weight is 421 g/mol. The number of carbonyl (C=O) groups excluding carboxylic acids is 2. The van der Waals surface area contributed by atoms with Gasteiger partial charge in [-0.15, -0.1) is 0 Å². The van der Waals surface area contributed by atoms with E-state index in [1.165, 1.54) is 38.9 Å². The highest BCUT2D eigenvalue weighted by Gasteiger charge is 2.24. The Bertz CT molecular complexity index is 898. The fraction of sp³-hybridized carbons (Fsp3) is 0.440. The lowest BCUT2D eigenvalue weighted by Crippen LogP contribution is -2.44. The number of nitrogens with zero attached hydrogens (tertiary/aromatic N) is 2. The molecule has 2 aromatic rings. The normalized spacial score (nSPS) is 18.0. The first-order valence-corrected chi connectivity index (χ1v) is 11.4. The van der Waals surface area contributed by atoms with Gasteiger partial charge in [-0.3, -0.25) is 4.79 Å². The van der Waals surface area contributed by atoms with Crippen molar-refractivity contribution in [2.24, 2.45) is 11.7 Å². The van der Waals surface area contributed by atoms with Crippen LogP contribution in [0.1, 0.15) is 42.5 Å². The quantitative estimate of drug-likeness (QED) is 0.762. The van der Waals surface area contributed by atoms with Gasteiger partial charge in [0.25, 0.3) is 0 Å². The molecular weight excluding hydrogens is 388 g/mol. The standard InChI is InChI=1S/C25H32N4O2/c26-24(30)22-6-4-5-21(17-22)20-7-9-23(10-8-20)27-25(31)29-15-11-19(12-16-29)18-28-13-2-1-3-14-28/h4-10,17,19H,1-3,11-16,18H2,(H2,26,30)(H,27,31). The van der Waals surface area contributed by atoms with Crippen LogP contribution in [0.3, 0.4) is 0 Å². The van der Waals surface area contributed by atoms with Gasteiger partial charge in [-0.25, -0.2) is 4.79 Å². The second-order valence-corrected chi connectivity index (χ2v) is 8.74. The first kappa shape index (κ1) is 21.4. The van der Waals surface area contributed by atoms with Gasteiger partial charge in [-0.05, 0) is 80.1 Å². The zero-order valence-corrected chi connectivity index (χ0v) is 18.1. The van der Waals surface area contributed by atoms with Crippen LogP contribution in [0.15, 0.2) is 48.5 Å². The van der Waals surface area contributed by atoms with E-state index in [-0.39, 0.29) is 6.03 Å². The molecule has 0 unspecified atom stereocenters. The van der Waals surface area contributed by atoms with Gasteiger partial charge in [-0.1, -0.05) is 30.7 Å². The van der Waals surface area contributed by atoms with Crippen molar-refractivity contribution in [3.8, 4) is 11.1 Å². The van der Waals surface area contributed by atoms with Crippen molar-refractivity contribution in [2.75, 3.05) is 38.0 Å². The summed E-state index contributed by atoms with van der Waals surface area (Å²) in [6.07, 6.45) is 6.20. The topological polar surface area (TPSA) is 78.7 Å². The lowest BCUT2D eigenvalue weighted by Gasteiger charge is -2.36. The second-order valence-electron chi connectivity index (χ2n) is 8.74. The van der Waals surface area contributed by atoms with Gasteiger partial charge in [0.1, 0.15) is 0 Å². The van der Waals surface area contributed by atoms with E-state index in [1.807, 2.05) is 41.3 Å². The number of hydrogen-bond donors (Lipinski definition) is 2. The molecule has 0 aromatic heterocycles. The Labute approximate surface area is 184 Å². The first-order chi connectivity index (χ1) is 15.1. The molecule has 2 heterocycles. The third kappa shape index (κ3) is 5.64. The molecule has 164 valence electrons. The molecule has 2 aliphatic heterocycles. The molecule has 0 bridgehead atoms. The number of carbonyl (C=O) groups is 2. The number of anilines is 1. The van der Waals surface area contributed by atoms with Crippen molar-refractivity contribution in [1.29, 1.82) is 0 Å². The molecule has 6 nitrogen and oxygen atoms in total. The highest BCUT2D eigenvalue weighted by Crippen LogP contribution is 2.24. The number of piperidine rings is 2. The Hall–Kier alpha value is -2.86. The summed E-state index contributed by atoms with van der Waals surface area (Å²) in [5.74, 6) is 0.267. The van der Waals surface area contributed by atoms with Crippen LogP contribution < -0.4 is 11.1 Å². The summed E-state index contributed by atoms with van der Waals surface area (Å²) in [4.78, 5) is 28.6. The summed E-state index contributed by atoms with van der Waals surface area (Å²) in [7, 11) is 0. The van der Waals surface area contributed by atoms with Gasteiger partial charge < -0.3 is 20.9 Å². The number of benzene rings is 2. The van der Waals surface area contributed by atoms with E-state index in [0.29, 0.717) is 11.5 Å². The van der Waals surface area contributed by atoms with Crippen molar-refractivity contribution in [2.45, 2.75) is 32.1 Å². The molecule has 0 atom stereocenters. The highest BCUT2D eigenvalue weighted by atomic mass is 16.2. The summed E-state index contributed by atoms with van der Waals surface area (Å²) in [5.41, 5.74) is 8.52. The Morgan fingerprint density at radius 2 is 1.61 bits per heavy atom. The van der Waals surface area contributed by atoms with Gasteiger partial charge >= 0.3 is 6.03 Å². The minimum Gasteiger partial charge on any atom is -0.366 e. The molecule has 3 N–H and O–H groups in total. The molecule has 2 aromatic carbocycles. The molecule has 0 radical (unpaired) electrons. The maximum Gasteiger partial charge on any atom is 0.321 e. The summed E-state index contributed by atoms with van der Waals surface area (Å²) in [6, 6.07) is 14.9. The number of primary amides is 1. The lowest BCUT2D eigenvalue weighted by atomic mass is 9.95. The molecule has 31 heavy (non-hydrogen) atoms. The fourth-order valence-electron chi connectivity index (χ4n) is 4.63. The maximum absolute atomic E-state index is 12.7. The largest absolute Gasteiger partial charge is 0.366 e. The number of nitrogens with one attached hydrogen (secondary N) is 1. The highest BCUT2D eigenvalue weighted by molar-refractivity contribution is 5.94. The average Bonchev–Trinajstić information content (AvgIpc) is 2.81. The van der Waals surface area contributed by atoms with Crippen LogP contribution in [0.2, 0.25) is 0 Å². The van der Waals surface area contributed by atoms with Crippen molar-refractivity contribution in [3.63, 3.8) is 0 Å². The van der Waals surface area contributed by atoms with Crippen LogP contribution >= 0.6 is 0 Å². The SMILES string of the molecule is NC(=O)c1cccc(-c2ccc(NC(=O)N3CCC(CN4CCCCC4)CC3)cc2)c1. The van der Waals surface area contributed by atoms with E-state index in [4.69, 9.17) is 5.73 Å². The zero-order chi connectivity index (χ0) is 21.6. The summed E-state index contributed by atoms with van der Waals surface area (Å²) >= 11 is 0. The van der Waals surface area contributed by atoms with E-state index in [0.717, 1.165) is 42.7 Å². The molecule has 2 aliphatic rings. The number of hydrogen-bond acceptors (Lipinski definition) is 3. The number of urea groups is 1. The third-order valence-corrected chi connectivity index (χ3v) is 6.48. The Kier molecular flexibility index (Phi) is 6.87. The minimum absolute atomic E-state index is 0.0279. The monoisotopic (exact) mass is 420 g/mol. The van der Waals surface area contributed by atoms with E-state index in [2.05, 4.69) is 10.2 Å². The maximum atomic E-state index is 12.7. The van der Waals surface area contributed by atoms with Crippen molar-refractivity contribution in [1.82, 2.24) is 9.80 Å². The van der Waals surface area contributed by atoms with Crippen LogP contribution in [0.25, 0.3) is 11.1 Å². The molecule has 0 spiro atoms. The molecular formula is C25H32N4O2. The van der Waals surface area contributed by atoms with E-state index in [9.17, 15) is 9.59 Å². The zero-order valence-electron chi connectivity index (χ0n) is 18.1. The van der Waals surface area contributed by atoms with E-state index in [1.54, 1.807) is 12.1 Å². The predicted octanol–water partition coefficient (Wildman–Crippen LogP) is 4.18. The number of amides is 3. The van der Waals surface area contributed by atoms with Crippen LogP contribution in [-0.2, 0) is 0 Å². The van der Waals surface area contributed by atoms with Crippen LogP contribution in [0.5, 0.6) is 0 Å². The molecule has 0 saturated carbocycles. The number of likely N-dealkylation sites (tertiary alicyclic amines) is 2. The van der Waals surface area contributed by atoms with E-state index < -0.39 is 5.91 Å².